The molecule has 0 radical (unpaired) electrons. The van der Waals surface area contributed by atoms with Gasteiger partial charge in [0.1, 0.15) is 0 Å². The Morgan fingerprint density at radius 1 is 1.00 bits per heavy atom. The molecular weight excluding hydrogens is 332 g/mol. The van der Waals surface area contributed by atoms with Crippen molar-refractivity contribution in [2.75, 3.05) is 19.1 Å². The molecule has 0 unspecified atom stereocenters. The number of nitrogens with zero attached hydrogens (tertiary/aromatic N) is 1. The van der Waals surface area contributed by atoms with Crippen molar-refractivity contribution in [1.82, 2.24) is 4.98 Å². The predicted molar refractivity (Wildman–Crippen MR) is 99.1 cm³/mol. The topological polar surface area (TPSA) is 74.8 Å². The van der Waals surface area contributed by atoms with Crippen LogP contribution < -0.4 is 19.9 Å². The van der Waals surface area contributed by atoms with E-state index in [0.717, 1.165) is 16.8 Å². The second kappa shape index (κ2) is 6.24. The summed E-state index contributed by atoms with van der Waals surface area (Å²) >= 11 is 0. The Morgan fingerprint density at radius 3 is 2.54 bits per heavy atom. The number of aliphatic hydroxyl groups is 1. The van der Waals surface area contributed by atoms with Gasteiger partial charge in [0, 0.05) is 23.5 Å². The number of hydrogen-bond acceptors (Lipinski definition) is 5. The van der Waals surface area contributed by atoms with Gasteiger partial charge in [-0.15, -0.1) is 0 Å². The monoisotopic (exact) mass is 350 g/mol. The highest BCUT2D eigenvalue weighted by molar-refractivity contribution is 5.88. The Labute approximate surface area is 150 Å². The number of fused-ring (bicyclic) bond motifs is 3. The minimum atomic E-state index is -1.12. The number of benzene rings is 2. The SMILES string of the molecule is COc1ccc(N2c3ccccc3-c3cc[nH]c(=O)c3[C@H]2O)cc1OC. The zero-order valence-electron chi connectivity index (χ0n) is 14.4. The van der Waals surface area contributed by atoms with Crippen LogP contribution in [0, 0.1) is 0 Å². The largest absolute Gasteiger partial charge is 0.493 e. The second-order valence-corrected chi connectivity index (χ2v) is 5.93. The van der Waals surface area contributed by atoms with E-state index < -0.39 is 6.23 Å². The molecule has 1 aliphatic rings. The van der Waals surface area contributed by atoms with E-state index in [1.807, 2.05) is 36.4 Å². The van der Waals surface area contributed by atoms with Gasteiger partial charge in [-0.1, -0.05) is 18.2 Å². The summed E-state index contributed by atoms with van der Waals surface area (Å²) < 4.78 is 10.7. The number of aromatic amines is 1. The molecule has 6 nitrogen and oxygen atoms in total. The van der Waals surface area contributed by atoms with Crippen LogP contribution in [-0.4, -0.2) is 24.3 Å². The maximum absolute atomic E-state index is 12.4. The smallest absolute Gasteiger partial charge is 0.256 e. The van der Waals surface area contributed by atoms with Crippen molar-refractivity contribution in [3.05, 3.63) is 70.6 Å². The Morgan fingerprint density at radius 2 is 1.77 bits per heavy atom. The van der Waals surface area contributed by atoms with Gasteiger partial charge in [-0.3, -0.25) is 4.79 Å². The van der Waals surface area contributed by atoms with Crippen molar-refractivity contribution in [2.45, 2.75) is 6.23 Å². The minimum absolute atomic E-state index is 0.310. The van der Waals surface area contributed by atoms with Crippen LogP contribution >= 0.6 is 0 Å². The first kappa shape index (κ1) is 16.2. The standard InChI is InChI=1S/C20H18N2O4/c1-25-16-8-7-12(11-17(16)26-2)22-15-6-4-3-5-13(15)14-9-10-21-19(23)18(14)20(22)24/h3-11,20,24H,1-2H3,(H,21,23)/t20-/m1/s1. The zero-order chi connectivity index (χ0) is 18.3. The van der Waals surface area contributed by atoms with Crippen molar-refractivity contribution >= 4 is 11.4 Å². The molecule has 0 aliphatic carbocycles. The average molecular weight is 350 g/mol. The Balaban J connectivity index is 1.96. The molecule has 1 aromatic heterocycles. The van der Waals surface area contributed by atoms with Crippen LogP contribution in [0.2, 0.25) is 0 Å². The lowest BCUT2D eigenvalue weighted by Gasteiger charge is -2.36. The normalized spacial score (nSPS) is 15.2. The molecule has 0 spiro atoms. The van der Waals surface area contributed by atoms with Gasteiger partial charge in [0.05, 0.1) is 25.5 Å². The van der Waals surface area contributed by atoms with E-state index in [2.05, 4.69) is 4.98 Å². The van der Waals surface area contributed by atoms with Crippen LogP contribution in [0.3, 0.4) is 0 Å². The molecule has 0 bridgehead atoms. The van der Waals surface area contributed by atoms with Gasteiger partial charge >= 0.3 is 0 Å². The lowest BCUT2D eigenvalue weighted by molar-refractivity contribution is 0.182. The van der Waals surface area contributed by atoms with Gasteiger partial charge in [-0.2, -0.15) is 0 Å². The number of pyridine rings is 1. The zero-order valence-corrected chi connectivity index (χ0v) is 14.4. The molecule has 132 valence electrons. The fourth-order valence-corrected chi connectivity index (χ4v) is 3.41. The third-order valence-corrected chi connectivity index (χ3v) is 4.60. The average Bonchev–Trinajstić information content (AvgIpc) is 2.68. The van der Waals surface area contributed by atoms with E-state index in [4.69, 9.17) is 9.47 Å². The molecule has 1 atom stereocenters. The van der Waals surface area contributed by atoms with Crippen LogP contribution in [0.5, 0.6) is 11.5 Å². The van der Waals surface area contributed by atoms with Gasteiger partial charge in [0.15, 0.2) is 17.7 Å². The molecule has 0 saturated heterocycles. The van der Waals surface area contributed by atoms with E-state index in [9.17, 15) is 9.90 Å². The molecule has 2 aromatic carbocycles. The van der Waals surface area contributed by atoms with Crippen LogP contribution in [0.15, 0.2) is 59.5 Å². The Hall–Kier alpha value is -3.25. The molecule has 3 aromatic rings. The highest BCUT2D eigenvalue weighted by atomic mass is 16.5. The molecule has 2 N–H and O–H groups in total. The van der Waals surface area contributed by atoms with E-state index in [1.54, 1.807) is 37.4 Å². The van der Waals surface area contributed by atoms with Crippen molar-refractivity contribution in [2.24, 2.45) is 0 Å². The number of rotatable bonds is 3. The lowest BCUT2D eigenvalue weighted by Crippen LogP contribution is -2.32. The molecule has 4 rings (SSSR count). The van der Waals surface area contributed by atoms with Gasteiger partial charge in [-0.25, -0.2) is 0 Å². The van der Waals surface area contributed by atoms with Crippen molar-refractivity contribution in [1.29, 1.82) is 0 Å². The van der Waals surface area contributed by atoms with Crippen LogP contribution in [0.25, 0.3) is 11.1 Å². The summed E-state index contributed by atoms with van der Waals surface area (Å²) in [6, 6.07) is 14.8. The fourth-order valence-electron chi connectivity index (χ4n) is 3.41. The summed E-state index contributed by atoms with van der Waals surface area (Å²) in [6.45, 7) is 0. The third kappa shape index (κ3) is 2.34. The second-order valence-electron chi connectivity index (χ2n) is 5.93. The number of anilines is 2. The Kier molecular flexibility index (Phi) is 3.89. The van der Waals surface area contributed by atoms with Gasteiger partial charge < -0.3 is 24.5 Å². The number of H-pyrrole nitrogens is 1. The molecule has 1 aliphatic heterocycles. The summed E-state index contributed by atoms with van der Waals surface area (Å²) in [5.41, 5.74) is 3.13. The number of hydrogen-bond donors (Lipinski definition) is 2. The van der Waals surface area contributed by atoms with Gasteiger partial charge in [0.25, 0.3) is 5.56 Å². The number of ether oxygens (including phenoxy) is 2. The van der Waals surface area contributed by atoms with E-state index in [1.165, 1.54) is 0 Å². The number of methoxy groups -OCH3 is 2. The first-order valence-corrected chi connectivity index (χ1v) is 8.16. The minimum Gasteiger partial charge on any atom is -0.493 e. The van der Waals surface area contributed by atoms with Crippen molar-refractivity contribution in [3.8, 4) is 22.6 Å². The molecule has 0 amide bonds. The maximum Gasteiger partial charge on any atom is 0.256 e. The first-order valence-electron chi connectivity index (χ1n) is 8.16. The molecular formula is C20H18N2O4. The third-order valence-electron chi connectivity index (χ3n) is 4.60. The van der Waals surface area contributed by atoms with Crippen molar-refractivity contribution < 1.29 is 14.6 Å². The summed E-state index contributed by atoms with van der Waals surface area (Å²) in [5.74, 6) is 1.14. The van der Waals surface area contributed by atoms with E-state index >= 15 is 0 Å². The molecule has 2 heterocycles. The fraction of sp³-hybridized carbons (Fsp3) is 0.150. The van der Waals surface area contributed by atoms with E-state index in [0.29, 0.717) is 22.7 Å². The van der Waals surface area contributed by atoms with Crippen LogP contribution in [-0.2, 0) is 0 Å². The quantitative estimate of drug-likeness (QED) is 0.759. The highest BCUT2D eigenvalue weighted by Crippen LogP contribution is 2.47. The summed E-state index contributed by atoms with van der Waals surface area (Å²) in [7, 11) is 3.13. The highest BCUT2D eigenvalue weighted by Gasteiger charge is 2.33. The Bertz CT molecular complexity index is 1030. The molecule has 26 heavy (non-hydrogen) atoms. The lowest BCUT2D eigenvalue weighted by atomic mass is 9.93. The molecule has 6 heteroatoms. The van der Waals surface area contributed by atoms with Gasteiger partial charge in [0.2, 0.25) is 0 Å². The summed E-state index contributed by atoms with van der Waals surface area (Å²) in [4.78, 5) is 16.8. The number of aliphatic hydroxyl groups excluding tert-OH is 1. The maximum atomic E-state index is 12.4. The van der Waals surface area contributed by atoms with E-state index in [-0.39, 0.29) is 5.56 Å². The van der Waals surface area contributed by atoms with Crippen molar-refractivity contribution in [3.63, 3.8) is 0 Å². The van der Waals surface area contributed by atoms with Gasteiger partial charge in [-0.05, 0) is 29.8 Å². The first-order chi connectivity index (χ1) is 12.7. The molecule has 0 saturated carbocycles. The van der Waals surface area contributed by atoms with Crippen LogP contribution in [0.1, 0.15) is 11.8 Å². The number of para-hydroxylation sites is 1. The predicted octanol–water partition coefficient (Wildman–Crippen LogP) is 3.20. The summed E-state index contributed by atoms with van der Waals surface area (Å²) in [5, 5.41) is 11.0. The number of aromatic nitrogens is 1. The summed E-state index contributed by atoms with van der Waals surface area (Å²) in [6.07, 6.45) is 0.472. The van der Waals surface area contributed by atoms with Crippen LogP contribution in [0.4, 0.5) is 11.4 Å². The molecule has 0 fully saturated rings. The number of nitrogens with one attached hydrogen (secondary N) is 1.